The van der Waals surface area contributed by atoms with Gasteiger partial charge in [-0.2, -0.15) is 5.10 Å². The molecule has 2 N–H and O–H groups in total. The average Bonchev–Trinajstić information content (AvgIpc) is 3.10. The molecule has 0 radical (unpaired) electrons. The first-order valence-corrected chi connectivity index (χ1v) is 8.90. The predicted molar refractivity (Wildman–Crippen MR) is 102 cm³/mol. The summed E-state index contributed by atoms with van der Waals surface area (Å²) in [6, 6.07) is 17.7. The van der Waals surface area contributed by atoms with Crippen LogP contribution in [-0.4, -0.2) is 22.2 Å². The Morgan fingerprint density at radius 2 is 1.92 bits per heavy atom. The van der Waals surface area contributed by atoms with E-state index in [2.05, 4.69) is 15.7 Å². The van der Waals surface area contributed by atoms with E-state index in [4.69, 9.17) is 11.6 Å². The fraction of sp³-hybridized carbons (Fsp3) is 0.200. The smallest absolute Gasteiger partial charge is 0.269 e. The largest absolute Gasteiger partial charge is 0.347 e. The number of carbonyl (C=O) groups excluding carboxylic acids is 1. The molecule has 0 fully saturated rings. The van der Waals surface area contributed by atoms with Crippen molar-refractivity contribution in [2.45, 2.75) is 19.6 Å². The minimum atomic E-state index is -0.0995. The maximum absolute atomic E-state index is 12.2. The summed E-state index contributed by atoms with van der Waals surface area (Å²) >= 11 is 5.93. The molecular formula is C20H19ClN4O. The van der Waals surface area contributed by atoms with Crippen molar-refractivity contribution in [1.29, 1.82) is 0 Å². The summed E-state index contributed by atoms with van der Waals surface area (Å²) in [5.74, 6) is -0.0968. The number of hydrogen-bond acceptors (Lipinski definition) is 3. The van der Waals surface area contributed by atoms with E-state index in [0.29, 0.717) is 18.8 Å². The van der Waals surface area contributed by atoms with Crippen LogP contribution >= 0.6 is 11.6 Å². The molecule has 1 amide bonds. The second kappa shape index (κ2) is 6.94. The van der Waals surface area contributed by atoms with E-state index >= 15 is 0 Å². The minimum Gasteiger partial charge on any atom is -0.347 e. The molecule has 0 saturated carbocycles. The van der Waals surface area contributed by atoms with E-state index in [1.54, 1.807) is 4.68 Å². The molecule has 132 valence electrons. The zero-order chi connectivity index (χ0) is 18.1. The predicted octanol–water partition coefficient (Wildman–Crippen LogP) is 3.54. The third-order valence-corrected chi connectivity index (χ3v) is 4.77. The molecule has 1 atom stereocenters. The zero-order valence-electron chi connectivity index (χ0n) is 14.4. The number of hydrogen-bond donors (Lipinski definition) is 2. The summed E-state index contributed by atoms with van der Waals surface area (Å²) in [4.78, 5) is 12.2. The number of rotatable bonds is 4. The summed E-state index contributed by atoms with van der Waals surface area (Å²) < 4.78 is 1.78. The number of fused-ring (bicyclic) bond motifs is 1. The molecule has 6 heteroatoms. The normalized spacial score (nSPS) is 16.2. The van der Waals surface area contributed by atoms with Crippen molar-refractivity contribution >= 4 is 17.5 Å². The Bertz CT molecular complexity index is 931. The second-order valence-corrected chi connectivity index (χ2v) is 6.90. The molecule has 0 bridgehead atoms. The Morgan fingerprint density at radius 3 is 2.65 bits per heavy atom. The van der Waals surface area contributed by atoms with Crippen molar-refractivity contribution in [2.24, 2.45) is 0 Å². The molecular weight excluding hydrogens is 348 g/mol. The number of amides is 1. The molecule has 0 aliphatic carbocycles. The average molecular weight is 367 g/mol. The lowest BCUT2D eigenvalue weighted by Gasteiger charge is -2.25. The van der Waals surface area contributed by atoms with Crippen LogP contribution in [0.1, 0.15) is 27.8 Å². The Kier molecular flexibility index (Phi) is 4.49. The molecule has 0 spiro atoms. The first kappa shape index (κ1) is 16.8. The van der Waals surface area contributed by atoms with Gasteiger partial charge in [-0.1, -0.05) is 53.6 Å². The van der Waals surface area contributed by atoms with Crippen molar-refractivity contribution in [1.82, 2.24) is 20.4 Å². The van der Waals surface area contributed by atoms with Gasteiger partial charge in [0.2, 0.25) is 0 Å². The lowest BCUT2D eigenvalue weighted by molar-refractivity contribution is 0.0900. The van der Waals surface area contributed by atoms with Crippen LogP contribution in [0.5, 0.6) is 0 Å². The molecule has 5 nitrogen and oxygen atoms in total. The van der Waals surface area contributed by atoms with Crippen LogP contribution in [0.25, 0.3) is 11.3 Å². The Hall–Kier alpha value is -2.63. The number of carbonyl (C=O) groups is 1. The van der Waals surface area contributed by atoms with Gasteiger partial charge in [-0.05, 0) is 30.7 Å². The summed E-state index contributed by atoms with van der Waals surface area (Å²) in [5, 5.41) is 11.8. The van der Waals surface area contributed by atoms with Crippen LogP contribution in [0.15, 0.2) is 54.6 Å². The topological polar surface area (TPSA) is 59.0 Å². The van der Waals surface area contributed by atoms with Crippen molar-refractivity contribution in [3.05, 3.63) is 76.4 Å². The number of aromatic nitrogens is 2. The van der Waals surface area contributed by atoms with Gasteiger partial charge in [0, 0.05) is 17.1 Å². The second-order valence-electron chi connectivity index (χ2n) is 6.46. The van der Waals surface area contributed by atoms with E-state index in [1.807, 2.05) is 61.5 Å². The molecule has 0 saturated heterocycles. The van der Waals surface area contributed by atoms with E-state index < -0.39 is 0 Å². The highest BCUT2D eigenvalue weighted by atomic mass is 35.5. The molecule has 4 rings (SSSR count). The van der Waals surface area contributed by atoms with Crippen LogP contribution < -0.4 is 10.6 Å². The minimum absolute atomic E-state index is 0.0968. The molecule has 1 aromatic heterocycles. The number of nitrogens with zero attached hydrogens (tertiary/aromatic N) is 2. The van der Waals surface area contributed by atoms with E-state index in [9.17, 15) is 4.79 Å². The highest BCUT2D eigenvalue weighted by Gasteiger charge is 2.27. The van der Waals surface area contributed by atoms with Crippen molar-refractivity contribution < 1.29 is 4.79 Å². The SMILES string of the molecule is Cc1ccc(-c2cc3n(n2)[C@@H](NCc2ccc(Cl)cc2)CNC3=O)cc1. The fourth-order valence-corrected chi connectivity index (χ4v) is 3.16. The van der Waals surface area contributed by atoms with Crippen molar-refractivity contribution in [2.75, 3.05) is 6.54 Å². The van der Waals surface area contributed by atoms with Crippen LogP contribution in [0.4, 0.5) is 0 Å². The summed E-state index contributed by atoms with van der Waals surface area (Å²) in [7, 11) is 0. The van der Waals surface area contributed by atoms with Crippen LogP contribution in [-0.2, 0) is 6.54 Å². The first-order valence-electron chi connectivity index (χ1n) is 8.53. The quantitative estimate of drug-likeness (QED) is 0.742. The van der Waals surface area contributed by atoms with Crippen LogP contribution in [0.3, 0.4) is 0 Å². The molecule has 26 heavy (non-hydrogen) atoms. The van der Waals surface area contributed by atoms with Gasteiger partial charge in [-0.15, -0.1) is 0 Å². The summed E-state index contributed by atoms with van der Waals surface area (Å²) in [6.07, 6.45) is -0.0995. The summed E-state index contributed by atoms with van der Waals surface area (Å²) in [6.45, 7) is 3.21. The van der Waals surface area contributed by atoms with E-state index in [1.165, 1.54) is 5.56 Å². The third-order valence-electron chi connectivity index (χ3n) is 4.52. The monoisotopic (exact) mass is 366 g/mol. The highest BCUT2D eigenvalue weighted by Crippen LogP contribution is 2.23. The Morgan fingerprint density at radius 1 is 1.19 bits per heavy atom. The lowest BCUT2D eigenvalue weighted by atomic mass is 10.1. The third kappa shape index (κ3) is 3.36. The number of halogens is 1. The summed E-state index contributed by atoms with van der Waals surface area (Å²) in [5.41, 5.74) is 4.69. The fourth-order valence-electron chi connectivity index (χ4n) is 3.03. The maximum atomic E-state index is 12.2. The molecule has 1 aliphatic heterocycles. The molecule has 2 aromatic carbocycles. The van der Waals surface area contributed by atoms with Gasteiger partial charge in [0.05, 0.1) is 12.2 Å². The van der Waals surface area contributed by atoms with Crippen molar-refractivity contribution in [3.8, 4) is 11.3 Å². The van der Waals surface area contributed by atoms with Gasteiger partial charge in [-0.3, -0.25) is 10.1 Å². The van der Waals surface area contributed by atoms with Gasteiger partial charge < -0.3 is 5.32 Å². The van der Waals surface area contributed by atoms with Gasteiger partial charge in [0.25, 0.3) is 5.91 Å². The molecule has 2 heterocycles. The Labute approximate surface area is 157 Å². The van der Waals surface area contributed by atoms with Gasteiger partial charge in [0.15, 0.2) is 0 Å². The number of benzene rings is 2. The van der Waals surface area contributed by atoms with E-state index in [-0.39, 0.29) is 12.1 Å². The van der Waals surface area contributed by atoms with Crippen LogP contribution in [0.2, 0.25) is 5.02 Å². The van der Waals surface area contributed by atoms with E-state index in [0.717, 1.165) is 21.8 Å². The van der Waals surface area contributed by atoms with Gasteiger partial charge in [-0.25, -0.2) is 4.68 Å². The van der Waals surface area contributed by atoms with Crippen LogP contribution in [0, 0.1) is 6.92 Å². The highest BCUT2D eigenvalue weighted by molar-refractivity contribution is 6.30. The molecule has 1 aliphatic rings. The standard InChI is InChI=1S/C20H19ClN4O/c1-13-2-6-15(7-3-13)17-10-18-20(26)23-12-19(25(18)24-17)22-11-14-4-8-16(21)9-5-14/h2-10,19,22H,11-12H2,1H3,(H,23,26)/t19-/m1/s1. The number of nitrogens with one attached hydrogen (secondary N) is 2. The van der Waals surface area contributed by atoms with Gasteiger partial charge in [0.1, 0.15) is 11.9 Å². The first-order chi connectivity index (χ1) is 12.6. The van der Waals surface area contributed by atoms with Crippen molar-refractivity contribution in [3.63, 3.8) is 0 Å². The number of aryl methyl sites for hydroxylation is 1. The molecule has 0 unspecified atom stereocenters. The van der Waals surface area contributed by atoms with Gasteiger partial charge >= 0.3 is 0 Å². The molecule has 3 aromatic rings. The lowest BCUT2D eigenvalue weighted by Crippen LogP contribution is -2.45. The Balaban J connectivity index is 1.58. The maximum Gasteiger partial charge on any atom is 0.269 e. The zero-order valence-corrected chi connectivity index (χ0v) is 15.1.